The Morgan fingerprint density at radius 3 is 0.848 bits per heavy atom. The van der Waals surface area contributed by atoms with Gasteiger partial charge in [0.1, 0.15) is 23.3 Å². The Bertz CT molecular complexity index is 4660. The molecule has 0 amide bonds. The molecule has 0 spiro atoms. The second kappa shape index (κ2) is 13.8. The second-order valence-corrected chi connectivity index (χ2v) is 16.7. The zero-order valence-corrected chi connectivity index (χ0v) is 34.8. The lowest BCUT2D eigenvalue weighted by Crippen LogP contribution is -2.17. The van der Waals surface area contributed by atoms with Gasteiger partial charge in [0.2, 0.25) is 0 Å². The molecule has 13 aromatic rings. The number of benzene rings is 9. The van der Waals surface area contributed by atoms with Crippen LogP contribution in [0.15, 0.2) is 170 Å². The molecule has 4 aromatic heterocycles. The number of aryl methyl sites for hydroxylation is 4. The van der Waals surface area contributed by atoms with E-state index in [1.54, 1.807) is 66.7 Å². The third-order valence-corrected chi connectivity index (χ3v) is 13.2. The summed E-state index contributed by atoms with van der Waals surface area (Å²) < 4.78 is 109. The summed E-state index contributed by atoms with van der Waals surface area (Å²) in [5.74, 6) is 0. The number of hydrogen-bond acceptors (Lipinski definition) is 2. The number of hydrogen-bond donors (Lipinski definition) is 0. The first-order valence-electron chi connectivity index (χ1n) is 27.4. The van der Waals surface area contributed by atoms with Crippen molar-refractivity contribution in [1.29, 1.82) is 10.5 Å². The van der Waals surface area contributed by atoms with Crippen molar-refractivity contribution in [3.8, 4) is 34.9 Å². The third-order valence-electron chi connectivity index (χ3n) is 13.2. The maximum absolute atomic E-state index is 12.4. The lowest BCUT2D eigenvalue weighted by Gasteiger charge is -2.27. The molecule has 0 aliphatic carbocycles. The fourth-order valence-electron chi connectivity index (χ4n) is 10.6. The summed E-state index contributed by atoms with van der Waals surface area (Å²) in [6.07, 6.45) is 0. The van der Waals surface area contributed by atoms with E-state index in [4.69, 9.17) is 16.4 Å². The van der Waals surface area contributed by atoms with E-state index in [0.29, 0.717) is 92.9 Å². The summed E-state index contributed by atoms with van der Waals surface area (Å²) in [5.41, 5.74) is 5.68. The van der Waals surface area contributed by atoms with E-state index in [-0.39, 0.29) is 50.4 Å². The predicted octanol–water partition coefficient (Wildman–Crippen LogP) is 15.1. The Balaban J connectivity index is 1.36. The van der Waals surface area contributed by atoms with Gasteiger partial charge in [-0.25, -0.2) is 0 Å². The Morgan fingerprint density at radius 1 is 0.303 bits per heavy atom. The topological polar surface area (TPSA) is 67.3 Å². The highest BCUT2D eigenvalue weighted by Gasteiger charge is 2.34. The van der Waals surface area contributed by atoms with Gasteiger partial charge in [-0.1, -0.05) is 119 Å². The normalized spacial score (nSPS) is 15.4. The van der Waals surface area contributed by atoms with Gasteiger partial charge in [0.05, 0.1) is 66.9 Å². The maximum Gasteiger partial charge on any atom is 0.104 e. The summed E-state index contributed by atoms with van der Waals surface area (Å²) >= 11 is 0. The Morgan fingerprint density at radius 2 is 0.561 bits per heavy atom. The van der Waals surface area contributed by atoms with Gasteiger partial charge in [0.25, 0.3) is 0 Å². The molecule has 0 fully saturated rings. The number of rotatable bonds is 4. The van der Waals surface area contributed by atoms with Crippen LogP contribution in [0, 0.1) is 50.1 Å². The first kappa shape index (κ1) is 27.4. The summed E-state index contributed by atoms with van der Waals surface area (Å²) in [7, 11) is 0. The van der Waals surface area contributed by atoms with Crippen LogP contribution < -0.4 is 0 Å². The van der Waals surface area contributed by atoms with Crippen LogP contribution in [0.25, 0.3) is 110 Å². The fourth-order valence-corrected chi connectivity index (χ4v) is 10.6. The lowest BCUT2D eigenvalue weighted by molar-refractivity contribution is 1.02. The van der Waals surface area contributed by atoms with Crippen LogP contribution in [0.4, 0.5) is 0 Å². The van der Waals surface area contributed by atoms with Gasteiger partial charge in [-0.2, -0.15) is 10.5 Å². The van der Waals surface area contributed by atoms with Crippen molar-refractivity contribution in [2.24, 2.45) is 0 Å². The summed E-state index contributed by atoms with van der Waals surface area (Å²) in [5, 5.41) is 29.7. The highest BCUT2D eigenvalue weighted by molar-refractivity contribution is 6.16. The van der Waals surface area contributed by atoms with Crippen molar-refractivity contribution in [2.45, 2.75) is 27.4 Å². The largest absolute Gasteiger partial charge is 0.306 e. The molecule has 9 aromatic carbocycles. The van der Waals surface area contributed by atoms with Gasteiger partial charge >= 0.3 is 0 Å². The lowest BCUT2D eigenvalue weighted by atomic mass is 9.98. The zero-order chi connectivity index (χ0) is 54.5. The smallest absolute Gasteiger partial charge is 0.104 e. The highest BCUT2D eigenvalue weighted by Crippen LogP contribution is 2.49. The molecule has 310 valence electrons. The standard InChI is InChI=1S/C60H40N6/c1-35-21-25-53-43(29-35)39-13-5-9-17-49(39)63(53)57-47(33-61)58(64-50-18-10-6-14-40(50)44-30-36(2)22-26-54(44)64)60(66-52-20-12-8-16-42(52)46-32-38(4)24-28-56(46)66)59(48(57)34-62)65-51-19-11-7-15-41(51)45-31-37(3)23-27-55(45)65/h5-32H,1-4H3/i1D3,2D3,3D3,4D3. The molecule has 0 radical (unpaired) electrons. The number of nitriles is 2. The average molecular weight is 857 g/mol. The molecule has 0 atom stereocenters. The number of nitrogens with zero attached hydrogens (tertiary/aromatic N) is 6. The molecule has 6 nitrogen and oxygen atoms in total. The molecule has 0 aliphatic heterocycles. The highest BCUT2D eigenvalue weighted by atomic mass is 15.1. The predicted molar refractivity (Wildman–Crippen MR) is 272 cm³/mol. The number of aromatic nitrogens is 4. The molecule has 66 heavy (non-hydrogen) atoms. The van der Waals surface area contributed by atoms with E-state index in [2.05, 4.69) is 12.1 Å². The van der Waals surface area contributed by atoms with Gasteiger partial charge in [0.15, 0.2) is 0 Å². The van der Waals surface area contributed by atoms with Gasteiger partial charge < -0.3 is 18.3 Å². The average Bonchev–Trinajstić information content (AvgIpc) is 4.09. The molecule has 0 bridgehead atoms. The van der Waals surface area contributed by atoms with Gasteiger partial charge in [-0.15, -0.1) is 0 Å². The summed E-state index contributed by atoms with van der Waals surface area (Å²) in [4.78, 5) is 0. The minimum atomic E-state index is -2.49. The van der Waals surface area contributed by atoms with E-state index < -0.39 is 27.4 Å². The van der Waals surface area contributed by atoms with E-state index in [1.807, 2.05) is 115 Å². The SMILES string of the molecule is [2H]C([2H])([2H])c1ccc2c(c1)c1ccccc1n2-c1c(C#N)c(-n2c3ccccc3c3cc(C([2H])([2H])[2H])ccc32)c(-n2c3ccccc3c3cc(C([2H])([2H])[2H])ccc32)c(-n2c3ccccc3c3cc(C([2H])([2H])[2H])ccc32)c1C#N. The van der Waals surface area contributed by atoms with Crippen LogP contribution in [-0.2, 0) is 0 Å². The van der Waals surface area contributed by atoms with Crippen molar-refractivity contribution in [3.05, 3.63) is 203 Å². The first-order valence-corrected chi connectivity index (χ1v) is 21.4. The minimum absolute atomic E-state index is 0.00546. The zero-order valence-electron chi connectivity index (χ0n) is 46.8. The van der Waals surface area contributed by atoms with Crippen LogP contribution in [0.2, 0.25) is 0 Å². The molecular weight excluding hydrogens is 805 g/mol. The molecular formula is C60H40N6. The molecule has 0 unspecified atom stereocenters. The number of fused-ring (bicyclic) bond motifs is 12. The minimum Gasteiger partial charge on any atom is -0.306 e. The molecule has 0 saturated heterocycles. The molecule has 6 heteroatoms. The molecule has 13 rings (SSSR count). The van der Waals surface area contributed by atoms with E-state index >= 15 is 0 Å². The molecule has 4 heterocycles. The van der Waals surface area contributed by atoms with Crippen LogP contribution in [0.1, 0.15) is 49.8 Å². The molecule has 0 aliphatic rings. The Kier molecular flexibility index (Phi) is 5.73. The van der Waals surface area contributed by atoms with Crippen molar-refractivity contribution in [1.82, 2.24) is 18.3 Å². The van der Waals surface area contributed by atoms with Crippen molar-refractivity contribution in [2.75, 3.05) is 0 Å². The molecule has 0 N–H and O–H groups in total. The Hall–Kier alpha value is -8.84. The van der Waals surface area contributed by atoms with E-state index in [0.717, 1.165) is 0 Å². The summed E-state index contributed by atoms with van der Waals surface area (Å²) in [6.45, 7) is -9.94. The van der Waals surface area contributed by atoms with Gasteiger partial charge in [0, 0.05) is 59.5 Å². The van der Waals surface area contributed by atoms with Gasteiger partial charge in [-0.3, -0.25) is 0 Å². The third kappa shape index (κ3) is 5.04. The summed E-state index contributed by atoms with van der Waals surface area (Å²) in [6, 6.07) is 54.6. The monoisotopic (exact) mass is 856 g/mol. The van der Waals surface area contributed by atoms with Crippen LogP contribution in [-0.4, -0.2) is 18.3 Å². The van der Waals surface area contributed by atoms with E-state index in [1.165, 1.54) is 6.07 Å². The van der Waals surface area contributed by atoms with Crippen molar-refractivity contribution in [3.63, 3.8) is 0 Å². The number of para-hydroxylation sites is 4. The van der Waals surface area contributed by atoms with Crippen molar-refractivity contribution < 1.29 is 16.4 Å². The van der Waals surface area contributed by atoms with Gasteiger partial charge in [-0.05, 0) is 100 Å². The quantitative estimate of drug-likeness (QED) is 0.177. The fraction of sp³-hybridized carbons (Fsp3) is 0.0667. The van der Waals surface area contributed by atoms with Crippen LogP contribution in [0.3, 0.4) is 0 Å². The maximum atomic E-state index is 12.4. The van der Waals surface area contributed by atoms with E-state index in [9.17, 15) is 10.5 Å². The second-order valence-electron chi connectivity index (χ2n) is 16.7. The van der Waals surface area contributed by atoms with Crippen molar-refractivity contribution >= 4 is 87.2 Å². The first-order chi connectivity index (χ1) is 37.2. The molecule has 0 saturated carbocycles. The van der Waals surface area contributed by atoms with Crippen LogP contribution in [0.5, 0.6) is 0 Å². The Labute approximate surface area is 397 Å². The van der Waals surface area contributed by atoms with Crippen LogP contribution >= 0.6 is 0 Å².